The topological polar surface area (TPSA) is 81.8 Å². The van der Waals surface area contributed by atoms with Crippen LogP contribution < -0.4 is 9.80 Å². The molecule has 0 unspecified atom stereocenters. The molecular formula is C14H15N7. The summed E-state index contributed by atoms with van der Waals surface area (Å²) in [7, 11) is 0. The van der Waals surface area contributed by atoms with E-state index in [1.165, 1.54) is 0 Å². The minimum absolute atomic E-state index is 0.342. The van der Waals surface area contributed by atoms with Crippen molar-refractivity contribution in [2.24, 2.45) is 0 Å². The molecule has 1 fully saturated rings. The van der Waals surface area contributed by atoms with Gasteiger partial charge in [0.05, 0.1) is 0 Å². The lowest BCUT2D eigenvalue weighted by Crippen LogP contribution is -2.47. The highest BCUT2D eigenvalue weighted by Crippen LogP contribution is 2.16. The molecule has 0 atom stereocenters. The smallest absolute Gasteiger partial charge is 0.163 e. The largest absolute Gasteiger partial charge is 0.353 e. The van der Waals surface area contributed by atoms with Crippen LogP contribution in [0.1, 0.15) is 11.5 Å². The van der Waals surface area contributed by atoms with Crippen LogP contribution in [0.25, 0.3) is 0 Å². The Morgan fingerprint density at radius 3 is 2.29 bits per heavy atom. The molecular weight excluding hydrogens is 266 g/mol. The van der Waals surface area contributed by atoms with E-state index in [9.17, 15) is 0 Å². The number of anilines is 2. The molecule has 1 aliphatic heterocycles. The van der Waals surface area contributed by atoms with E-state index in [-0.39, 0.29) is 0 Å². The van der Waals surface area contributed by atoms with Crippen molar-refractivity contribution in [3.05, 3.63) is 35.9 Å². The Kier molecular flexibility index (Phi) is 3.60. The van der Waals surface area contributed by atoms with Crippen molar-refractivity contribution in [3.8, 4) is 6.07 Å². The molecule has 106 valence electrons. The molecule has 0 amide bonds. The fraction of sp³-hybridized carbons (Fsp3) is 0.357. The Hall–Kier alpha value is -2.75. The van der Waals surface area contributed by atoms with Crippen LogP contribution in [0.3, 0.4) is 0 Å². The molecule has 1 saturated heterocycles. The number of nitrogens with zero attached hydrogens (tertiary/aromatic N) is 7. The van der Waals surface area contributed by atoms with Crippen molar-refractivity contribution in [2.75, 3.05) is 36.0 Å². The average molecular weight is 281 g/mol. The zero-order chi connectivity index (χ0) is 14.7. The molecule has 7 heteroatoms. The Balaban J connectivity index is 1.66. The van der Waals surface area contributed by atoms with Crippen molar-refractivity contribution in [1.82, 2.24) is 20.2 Å². The molecule has 1 aliphatic rings. The summed E-state index contributed by atoms with van der Waals surface area (Å²) in [5.41, 5.74) is 0.342. The number of rotatable bonds is 2. The quantitative estimate of drug-likeness (QED) is 0.804. The summed E-state index contributed by atoms with van der Waals surface area (Å²) in [4.78, 5) is 13.0. The first kappa shape index (κ1) is 13.2. The van der Waals surface area contributed by atoms with E-state index >= 15 is 0 Å². The third kappa shape index (κ3) is 2.89. The molecule has 0 radical (unpaired) electrons. The van der Waals surface area contributed by atoms with Gasteiger partial charge in [-0.05, 0) is 25.1 Å². The fourth-order valence-corrected chi connectivity index (χ4v) is 2.34. The number of hydrogen-bond acceptors (Lipinski definition) is 7. The SMILES string of the molecule is Cc1nccc(N2CCN(c3ccc(C#N)nn3)CC2)n1. The van der Waals surface area contributed by atoms with Gasteiger partial charge in [-0.15, -0.1) is 10.2 Å². The summed E-state index contributed by atoms with van der Waals surface area (Å²) in [5.74, 6) is 2.56. The van der Waals surface area contributed by atoms with Crippen LogP contribution in [0.4, 0.5) is 11.6 Å². The molecule has 0 aromatic carbocycles. The third-order valence-corrected chi connectivity index (χ3v) is 3.45. The molecule has 0 aliphatic carbocycles. The van der Waals surface area contributed by atoms with Crippen molar-refractivity contribution in [2.45, 2.75) is 6.92 Å². The van der Waals surface area contributed by atoms with Crippen LogP contribution in [0, 0.1) is 18.3 Å². The Morgan fingerprint density at radius 2 is 1.71 bits per heavy atom. The first-order valence-corrected chi connectivity index (χ1v) is 6.79. The average Bonchev–Trinajstić information content (AvgIpc) is 2.55. The van der Waals surface area contributed by atoms with E-state index in [1.807, 2.05) is 25.1 Å². The number of aromatic nitrogens is 4. The van der Waals surface area contributed by atoms with Gasteiger partial charge in [0.15, 0.2) is 11.5 Å². The summed E-state index contributed by atoms with van der Waals surface area (Å²) in [6.07, 6.45) is 1.79. The molecule has 21 heavy (non-hydrogen) atoms. The predicted molar refractivity (Wildman–Crippen MR) is 77.9 cm³/mol. The van der Waals surface area contributed by atoms with Crippen LogP contribution in [0.2, 0.25) is 0 Å². The maximum absolute atomic E-state index is 8.74. The van der Waals surface area contributed by atoms with Crippen LogP contribution >= 0.6 is 0 Å². The van der Waals surface area contributed by atoms with E-state index in [0.717, 1.165) is 43.6 Å². The van der Waals surface area contributed by atoms with Gasteiger partial charge in [-0.25, -0.2) is 9.97 Å². The minimum atomic E-state index is 0.342. The van der Waals surface area contributed by atoms with Crippen LogP contribution in [0.15, 0.2) is 24.4 Å². The molecule has 0 saturated carbocycles. The standard InChI is InChI=1S/C14H15N7/c1-11-16-5-4-13(17-11)20-6-8-21(9-7-20)14-3-2-12(10-15)18-19-14/h2-5H,6-9H2,1H3. The highest BCUT2D eigenvalue weighted by molar-refractivity contribution is 5.44. The van der Waals surface area contributed by atoms with Crippen molar-refractivity contribution in [1.29, 1.82) is 5.26 Å². The van der Waals surface area contributed by atoms with Gasteiger partial charge >= 0.3 is 0 Å². The summed E-state index contributed by atoms with van der Waals surface area (Å²) >= 11 is 0. The van der Waals surface area contributed by atoms with E-state index in [1.54, 1.807) is 12.3 Å². The minimum Gasteiger partial charge on any atom is -0.353 e. The molecule has 3 rings (SSSR count). The van der Waals surface area contributed by atoms with E-state index in [0.29, 0.717) is 5.69 Å². The van der Waals surface area contributed by atoms with Gasteiger partial charge in [-0.3, -0.25) is 0 Å². The molecule has 2 aromatic rings. The van der Waals surface area contributed by atoms with E-state index in [2.05, 4.69) is 30.0 Å². The van der Waals surface area contributed by atoms with Gasteiger partial charge in [0.25, 0.3) is 0 Å². The van der Waals surface area contributed by atoms with Crippen LogP contribution in [-0.2, 0) is 0 Å². The maximum Gasteiger partial charge on any atom is 0.163 e. The highest BCUT2D eigenvalue weighted by Gasteiger charge is 2.19. The van der Waals surface area contributed by atoms with Gasteiger partial charge in [-0.2, -0.15) is 5.26 Å². The molecule has 0 spiro atoms. The van der Waals surface area contributed by atoms with Gasteiger partial charge < -0.3 is 9.80 Å². The number of aryl methyl sites for hydroxylation is 1. The highest BCUT2D eigenvalue weighted by atomic mass is 15.3. The Labute approximate surface area is 122 Å². The fourth-order valence-electron chi connectivity index (χ4n) is 2.34. The number of nitriles is 1. The summed E-state index contributed by atoms with van der Waals surface area (Å²) in [6, 6.07) is 7.45. The monoisotopic (exact) mass is 281 g/mol. The first-order chi connectivity index (χ1) is 10.3. The molecule has 0 bridgehead atoms. The second-order valence-electron chi connectivity index (χ2n) is 4.82. The van der Waals surface area contributed by atoms with Crippen LogP contribution in [-0.4, -0.2) is 46.3 Å². The second-order valence-corrected chi connectivity index (χ2v) is 4.82. The zero-order valence-electron chi connectivity index (χ0n) is 11.8. The van der Waals surface area contributed by atoms with Crippen molar-refractivity contribution < 1.29 is 0 Å². The predicted octanol–water partition coefficient (Wildman–Crippen LogP) is 0.773. The normalized spacial score (nSPS) is 14.9. The Bertz CT molecular complexity index is 654. The first-order valence-electron chi connectivity index (χ1n) is 6.79. The van der Waals surface area contributed by atoms with Gasteiger partial charge in [0.2, 0.25) is 0 Å². The van der Waals surface area contributed by atoms with Gasteiger partial charge in [0, 0.05) is 32.4 Å². The van der Waals surface area contributed by atoms with Crippen molar-refractivity contribution >= 4 is 11.6 Å². The summed E-state index contributed by atoms with van der Waals surface area (Å²) < 4.78 is 0. The summed E-state index contributed by atoms with van der Waals surface area (Å²) in [6.45, 7) is 5.34. The van der Waals surface area contributed by atoms with Crippen molar-refractivity contribution in [3.63, 3.8) is 0 Å². The molecule has 3 heterocycles. The molecule has 2 aromatic heterocycles. The number of hydrogen-bond donors (Lipinski definition) is 0. The van der Waals surface area contributed by atoms with Gasteiger partial charge in [0.1, 0.15) is 17.7 Å². The maximum atomic E-state index is 8.74. The molecule has 7 nitrogen and oxygen atoms in total. The second kappa shape index (κ2) is 5.71. The number of piperazine rings is 1. The Morgan fingerprint density at radius 1 is 1.00 bits per heavy atom. The summed E-state index contributed by atoms with van der Waals surface area (Å²) in [5, 5.41) is 16.7. The lowest BCUT2D eigenvalue weighted by molar-refractivity contribution is 0.636. The van der Waals surface area contributed by atoms with E-state index in [4.69, 9.17) is 5.26 Å². The lowest BCUT2D eigenvalue weighted by atomic mass is 10.3. The third-order valence-electron chi connectivity index (χ3n) is 3.45. The molecule has 0 N–H and O–H groups in total. The van der Waals surface area contributed by atoms with Gasteiger partial charge in [-0.1, -0.05) is 0 Å². The van der Waals surface area contributed by atoms with E-state index < -0.39 is 0 Å². The lowest BCUT2D eigenvalue weighted by Gasteiger charge is -2.35. The zero-order valence-corrected chi connectivity index (χ0v) is 11.8. The van der Waals surface area contributed by atoms with Crippen LogP contribution in [0.5, 0.6) is 0 Å².